The molecule has 4 nitrogen and oxygen atoms in total. The minimum Gasteiger partial charge on any atom is -0.480 e. The Balaban J connectivity index is 1.87. The number of hydrogen-bond acceptors (Lipinski definition) is 4. The lowest BCUT2D eigenvalue weighted by Crippen LogP contribution is -2.35. The number of carboxylic acids is 1. The fraction of sp³-hybridized carbons (Fsp3) is 0.286. The van der Waals surface area contributed by atoms with E-state index in [1.165, 1.54) is 11.3 Å². The van der Waals surface area contributed by atoms with E-state index in [-0.39, 0.29) is 0 Å². The number of benzene rings is 1. The summed E-state index contributed by atoms with van der Waals surface area (Å²) >= 11 is 1.51. The first-order chi connectivity index (χ1) is 9.25. The molecule has 1 saturated heterocycles. The van der Waals surface area contributed by atoms with Crippen LogP contribution in [0.25, 0.3) is 11.3 Å². The molecule has 2 heterocycles. The highest BCUT2D eigenvalue weighted by molar-refractivity contribution is 7.14. The summed E-state index contributed by atoms with van der Waals surface area (Å²) in [6.07, 6.45) is 1.62. The summed E-state index contributed by atoms with van der Waals surface area (Å²) in [4.78, 5) is 17.7. The molecule has 98 valence electrons. The molecule has 0 saturated carbocycles. The average molecular weight is 274 g/mol. The van der Waals surface area contributed by atoms with Gasteiger partial charge in [-0.25, -0.2) is 9.78 Å². The zero-order valence-corrected chi connectivity index (χ0v) is 11.1. The molecule has 19 heavy (non-hydrogen) atoms. The summed E-state index contributed by atoms with van der Waals surface area (Å²) in [6.45, 7) is 0.776. The third-order valence-electron chi connectivity index (χ3n) is 3.35. The molecule has 1 aliphatic heterocycles. The quantitative estimate of drug-likeness (QED) is 0.935. The van der Waals surface area contributed by atoms with Crippen LogP contribution in [0.5, 0.6) is 0 Å². The summed E-state index contributed by atoms with van der Waals surface area (Å²) in [6, 6.07) is 9.52. The lowest BCUT2D eigenvalue weighted by atomic mass is 10.2. The molecule has 0 aliphatic carbocycles. The number of carbonyl (C=O) groups is 1. The van der Waals surface area contributed by atoms with Gasteiger partial charge in [0.15, 0.2) is 5.13 Å². The van der Waals surface area contributed by atoms with Gasteiger partial charge in [-0.2, -0.15) is 0 Å². The molecule has 0 unspecified atom stereocenters. The maximum atomic E-state index is 11.2. The minimum atomic E-state index is -0.756. The van der Waals surface area contributed by atoms with Crippen LogP contribution in [-0.4, -0.2) is 28.6 Å². The molecule has 5 heteroatoms. The lowest BCUT2D eigenvalue weighted by Gasteiger charge is -2.19. The summed E-state index contributed by atoms with van der Waals surface area (Å²) in [5.41, 5.74) is 1.98. The van der Waals surface area contributed by atoms with Crippen molar-refractivity contribution in [3.63, 3.8) is 0 Å². The maximum Gasteiger partial charge on any atom is 0.326 e. The first kappa shape index (κ1) is 12.2. The van der Waals surface area contributed by atoms with Crippen molar-refractivity contribution < 1.29 is 9.90 Å². The topological polar surface area (TPSA) is 53.4 Å². The van der Waals surface area contributed by atoms with E-state index in [1.807, 2.05) is 40.6 Å². The van der Waals surface area contributed by atoms with Crippen LogP contribution in [-0.2, 0) is 4.79 Å². The Kier molecular flexibility index (Phi) is 3.21. The summed E-state index contributed by atoms with van der Waals surface area (Å²) in [7, 11) is 0. The van der Waals surface area contributed by atoms with E-state index >= 15 is 0 Å². The number of nitrogens with zero attached hydrogens (tertiary/aromatic N) is 2. The fourth-order valence-electron chi connectivity index (χ4n) is 2.39. The van der Waals surface area contributed by atoms with E-state index in [4.69, 9.17) is 0 Å². The summed E-state index contributed by atoms with van der Waals surface area (Å²) in [5, 5.41) is 12.0. The molecule has 1 aromatic carbocycles. The Hall–Kier alpha value is -1.88. The highest BCUT2D eigenvalue weighted by atomic mass is 32.1. The molecule has 1 atom stereocenters. The number of anilines is 1. The third-order valence-corrected chi connectivity index (χ3v) is 4.22. The van der Waals surface area contributed by atoms with Gasteiger partial charge in [0.2, 0.25) is 0 Å². The molecule has 0 bridgehead atoms. The Morgan fingerprint density at radius 3 is 2.89 bits per heavy atom. The van der Waals surface area contributed by atoms with Crippen molar-refractivity contribution in [2.24, 2.45) is 0 Å². The Morgan fingerprint density at radius 1 is 1.37 bits per heavy atom. The van der Waals surface area contributed by atoms with E-state index < -0.39 is 12.0 Å². The van der Waals surface area contributed by atoms with Gasteiger partial charge in [0.05, 0.1) is 5.69 Å². The Bertz CT molecular complexity index is 582. The van der Waals surface area contributed by atoms with Gasteiger partial charge in [-0.3, -0.25) is 0 Å². The number of thiazole rings is 1. The molecule has 1 N–H and O–H groups in total. The highest BCUT2D eigenvalue weighted by Crippen LogP contribution is 2.31. The minimum absolute atomic E-state index is 0.422. The van der Waals surface area contributed by atoms with Gasteiger partial charge in [0.25, 0.3) is 0 Å². The van der Waals surface area contributed by atoms with Crippen molar-refractivity contribution in [1.82, 2.24) is 4.98 Å². The Labute approximate surface area is 115 Å². The molecule has 2 aromatic rings. The monoisotopic (exact) mass is 274 g/mol. The van der Waals surface area contributed by atoms with Gasteiger partial charge in [0.1, 0.15) is 6.04 Å². The van der Waals surface area contributed by atoms with Crippen LogP contribution in [0.4, 0.5) is 5.13 Å². The van der Waals surface area contributed by atoms with E-state index in [0.29, 0.717) is 6.42 Å². The Morgan fingerprint density at radius 2 is 2.16 bits per heavy atom. The highest BCUT2D eigenvalue weighted by Gasteiger charge is 2.32. The number of carboxylic acid groups (broad SMARTS) is 1. The smallest absolute Gasteiger partial charge is 0.326 e. The van der Waals surface area contributed by atoms with Crippen LogP contribution < -0.4 is 4.90 Å². The van der Waals surface area contributed by atoms with Crippen LogP contribution in [0.1, 0.15) is 12.8 Å². The number of aliphatic carboxylic acids is 1. The SMILES string of the molecule is O=C(O)[C@H]1CCCN1c1nc(-c2ccccc2)cs1. The predicted octanol–water partition coefficient (Wildman–Crippen LogP) is 2.86. The zero-order valence-electron chi connectivity index (χ0n) is 10.3. The molecule has 0 spiro atoms. The van der Waals surface area contributed by atoms with Crippen molar-refractivity contribution >= 4 is 22.4 Å². The number of aromatic nitrogens is 1. The standard InChI is InChI=1S/C14H14N2O2S/c17-13(18)12-7-4-8-16(12)14-15-11(9-19-14)10-5-2-1-3-6-10/h1-3,5-6,9,12H,4,7-8H2,(H,17,18)/t12-/m1/s1. The largest absolute Gasteiger partial charge is 0.480 e. The van der Waals surface area contributed by atoms with Gasteiger partial charge in [-0.1, -0.05) is 30.3 Å². The van der Waals surface area contributed by atoms with Crippen molar-refractivity contribution in [2.45, 2.75) is 18.9 Å². The van der Waals surface area contributed by atoms with Crippen LogP contribution in [0.2, 0.25) is 0 Å². The van der Waals surface area contributed by atoms with E-state index in [0.717, 1.165) is 29.4 Å². The van der Waals surface area contributed by atoms with Crippen molar-refractivity contribution in [3.8, 4) is 11.3 Å². The molecule has 1 aromatic heterocycles. The zero-order chi connectivity index (χ0) is 13.2. The molecular formula is C14H14N2O2S. The van der Waals surface area contributed by atoms with Crippen molar-refractivity contribution in [2.75, 3.05) is 11.4 Å². The average Bonchev–Trinajstić information content (AvgIpc) is 3.08. The molecule has 0 radical (unpaired) electrons. The second kappa shape index (κ2) is 5.01. The van der Waals surface area contributed by atoms with Gasteiger partial charge >= 0.3 is 5.97 Å². The number of rotatable bonds is 3. The molecule has 1 aliphatic rings. The maximum absolute atomic E-state index is 11.2. The van der Waals surface area contributed by atoms with E-state index in [1.54, 1.807) is 0 Å². The predicted molar refractivity (Wildman–Crippen MR) is 75.6 cm³/mol. The second-order valence-electron chi connectivity index (χ2n) is 4.57. The summed E-state index contributed by atoms with van der Waals surface area (Å²) in [5.74, 6) is -0.756. The van der Waals surface area contributed by atoms with Gasteiger partial charge in [0, 0.05) is 17.5 Å². The van der Waals surface area contributed by atoms with E-state index in [9.17, 15) is 9.90 Å². The fourth-order valence-corrected chi connectivity index (χ4v) is 3.30. The van der Waals surface area contributed by atoms with Crippen LogP contribution in [0, 0.1) is 0 Å². The third kappa shape index (κ3) is 2.33. The van der Waals surface area contributed by atoms with Gasteiger partial charge in [-0.15, -0.1) is 11.3 Å². The van der Waals surface area contributed by atoms with Gasteiger partial charge in [-0.05, 0) is 12.8 Å². The normalized spacial score (nSPS) is 18.7. The molecule has 3 rings (SSSR count). The van der Waals surface area contributed by atoms with Crippen molar-refractivity contribution in [1.29, 1.82) is 0 Å². The van der Waals surface area contributed by atoms with Crippen LogP contribution in [0.3, 0.4) is 0 Å². The lowest BCUT2D eigenvalue weighted by molar-refractivity contribution is -0.138. The second-order valence-corrected chi connectivity index (χ2v) is 5.41. The molecule has 1 fully saturated rings. The van der Waals surface area contributed by atoms with E-state index in [2.05, 4.69) is 4.98 Å². The van der Waals surface area contributed by atoms with Gasteiger partial charge < -0.3 is 10.0 Å². The summed E-state index contributed by atoms with van der Waals surface area (Å²) < 4.78 is 0. The number of hydrogen-bond donors (Lipinski definition) is 1. The molecule has 0 amide bonds. The van der Waals surface area contributed by atoms with Crippen molar-refractivity contribution in [3.05, 3.63) is 35.7 Å². The van der Waals surface area contributed by atoms with Crippen LogP contribution >= 0.6 is 11.3 Å². The molecular weight excluding hydrogens is 260 g/mol. The first-order valence-corrected chi connectivity index (χ1v) is 7.14. The van der Waals surface area contributed by atoms with Crippen LogP contribution in [0.15, 0.2) is 35.7 Å². The first-order valence-electron chi connectivity index (χ1n) is 6.26.